The predicted octanol–water partition coefficient (Wildman–Crippen LogP) is 2.57. The number of hydrogen-bond acceptors (Lipinski definition) is 4. The van der Waals surface area contributed by atoms with Crippen LogP contribution in [-0.2, 0) is 9.59 Å². The van der Waals surface area contributed by atoms with Gasteiger partial charge in [-0.1, -0.05) is 25.5 Å². The van der Waals surface area contributed by atoms with E-state index in [1.54, 1.807) is 0 Å². The molecule has 0 saturated carbocycles. The number of rotatable bonds is 6. The molecule has 0 spiro atoms. The largest absolute Gasteiger partial charge is 0.477 e. The number of piperidine rings is 1. The summed E-state index contributed by atoms with van der Waals surface area (Å²) in [6.45, 7) is 6.37. The molecule has 6 nitrogen and oxygen atoms in total. The van der Waals surface area contributed by atoms with E-state index >= 15 is 0 Å². The molecule has 2 aliphatic heterocycles. The van der Waals surface area contributed by atoms with Gasteiger partial charge in [0.25, 0.3) is 5.91 Å². The molecule has 1 N–H and O–H groups in total. The first-order chi connectivity index (χ1) is 13.1. The molecule has 2 amide bonds. The second-order valence-corrected chi connectivity index (χ2v) is 7.60. The Kier molecular flexibility index (Phi) is 6.58. The van der Waals surface area contributed by atoms with Gasteiger partial charge in [-0.2, -0.15) is 0 Å². The maximum Gasteiger partial charge on any atom is 0.265 e. The first kappa shape index (κ1) is 19.5. The average molecular weight is 373 g/mol. The summed E-state index contributed by atoms with van der Waals surface area (Å²) in [6, 6.07) is 7.80. The van der Waals surface area contributed by atoms with Crippen molar-refractivity contribution in [1.29, 1.82) is 0 Å². The third-order valence-electron chi connectivity index (χ3n) is 5.27. The highest BCUT2D eigenvalue weighted by Gasteiger charge is 2.34. The van der Waals surface area contributed by atoms with Crippen LogP contribution < -0.4 is 15.0 Å². The molecule has 2 atom stereocenters. The van der Waals surface area contributed by atoms with E-state index in [-0.39, 0.29) is 24.4 Å². The number of fused-ring (bicyclic) bond motifs is 1. The van der Waals surface area contributed by atoms with Gasteiger partial charge in [0, 0.05) is 19.1 Å². The normalized spacial score (nSPS) is 20.4. The van der Waals surface area contributed by atoms with Gasteiger partial charge in [0.15, 0.2) is 6.10 Å². The molecule has 1 saturated heterocycles. The molecule has 6 heteroatoms. The molecule has 0 bridgehead atoms. The molecule has 2 heterocycles. The zero-order chi connectivity index (χ0) is 19.2. The van der Waals surface area contributed by atoms with Crippen LogP contribution in [0.15, 0.2) is 24.3 Å². The molecule has 2 unspecified atom stereocenters. The second kappa shape index (κ2) is 9.11. The first-order valence-electron chi connectivity index (χ1n) is 10.2. The Morgan fingerprint density at radius 3 is 2.70 bits per heavy atom. The van der Waals surface area contributed by atoms with Gasteiger partial charge in [0.1, 0.15) is 5.75 Å². The maximum absolute atomic E-state index is 12.9. The van der Waals surface area contributed by atoms with Gasteiger partial charge in [-0.15, -0.1) is 0 Å². The summed E-state index contributed by atoms with van der Waals surface area (Å²) in [5, 5.41) is 3.05. The van der Waals surface area contributed by atoms with E-state index in [4.69, 9.17) is 4.74 Å². The molecule has 0 aromatic heterocycles. The summed E-state index contributed by atoms with van der Waals surface area (Å²) in [5.41, 5.74) is 0.874. The number of anilines is 1. The van der Waals surface area contributed by atoms with Gasteiger partial charge in [-0.3, -0.25) is 9.59 Å². The number of carbonyl (C=O) groups excluding carboxylic acids is 2. The lowest BCUT2D eigenvalue weighted by atomic mass is 10.1. The minimum absolute atomic E-state index is 0.0168. The number of amides is 2. The van der Waals surface area contributed by atoms with Crippen molar-refractivity contribution in [2.75, 3.05) is 31.1 Å². The van der Waals surface area contributed by atoms with E-state index in [1.807, 2.05) is 41.0 Å². The number of para-hydroxylation sites is 2. The molecule has 2 aliphatic rings. The highest BCUT2D eigenvalue weighted by molar-refractivity contribution is 5.86. The van der Waals surface area contributed by atoms with Crippen LogP contribution in [0.5, 0.6) is 5.75 Å². The van der Waals surface area contributed by atoms with Crippen molar-refractivity contribution in [2.24, 2.45) is 0 Å². The summed E-state index contributed by atoms with van der Waals surface area (Å²) in [7, 11) is 0. The van der Waals surface area contributed by atoms with E-state index in [2.05, 4.69) is 12.2 Å². The SMILES string of the molecule is CCCC(C)NC(=O)CN1CC(C(=O)N2CCCCC2)Oc2ccccc21. The smallest absolute Gasteiger partial charge is 0.265 e. The summed E-state index contributed by atoms with van der Waals surface area (Å²) in [4.78, 5) is 29.3. The van der Waals surface area contributed by atoms with Crippen LogP contribution in [0, 0.1) is 0 Å². The third kappa shape index (κ3) is 4.93. The Balaban J connectivity index is 1.70. The van der Waals surface area contributed by atoms with Crippen molar-refractivity contribution in [3.8, 4) is 5.75 Å². The molecule has 1 aromatic carbocycles. The molecule has 1 aromatic rings. The van der Waals surface area contributed by atoms with Crippen molar-refractivity contribution < 1.29 is 14.3 Å². The number of carbonyl (C=O) groups is 2. The van der Waals surface area contributed by atoms with Gasteiger partial charge in [0.05, 0.1) is 18.8 Å². The van der Waals surface area contributed by atoms with Crippen LogP contribution in [0.3, 0.4) is 0 Å². The first-order valence-corrected chi connectivity index (χ1v) is 10.2. The lowest BCUT2D eigenvalue weighted by Gasteiger charge is -2.38. The fourth-order valence-electron chi connectivity index (χ4n) is 3.90. The van der Waals surface area contributed by atoms with Crippen molar-refractivity contribution >= 4 is 17.5 Å². The quantitative estimate of drug-likeness (QED) is 0.833. The maximum atomic E-state index is 12.9. The Morgan fingerprint density at radius 1 is 1.22 bits per heavy atom. The summed E-state index contributed by atoms with van der Waals surface area (Å²) < 4.78 is 6.01. The minimum atomic E-state index is -0.557. The molecular weight excluding hydrogens is 342 g/mol. The Labute approximate surface area is 161 Å². The lowest BCUT2D eigenvalue weighted by Crippen LogP contribution is -2.53. The average Bonchev–Trinajstić information content (AvgIpc) is 2.68. The minimum Gasteiger partial charge on any atom is -0.477 e. The lowest BCUT2D eigenvalue weighted by molar-refractivity contribution is -0.139. The Morgan fingerprint density at radius 2 is 1.96 bits per heavy atom. The standard InChI is InChI=1S/C21H31N3O3/c1-3-9-16(2)22-20(25)15-24-14-19(21(26)23-12-7-4-8-13-23)27-18-11-6-5-10-17(18)24/h5-6,10-11,16,19H,3-4,7-9,12-15H2,1-2H3,(H,22,25). The zero-order valence-corrected chi connectivity index (χ0v) is 16.4. The van der Waals surface area contributed by atoms with Crippen LogP contribution >= 0.6 is 0 Å². The Bertz CT molecular complexity index is 658. The molecule has 0 radical (unpaired) electrons. The number of likely N-dealkylation sites (tertiary alicyclic amines) is 1. The zero-order valence-electron chi connectivity index (χ0n) is 16.4. The van der Waals surface area contributed by atoms with E-state index in [1.165, 1.54) is 6.42 Å². The third-order valence-corrected chi connectivity index (χ3v) is 5.27. The van der Waals surface area contributed by atoms with Crippen LogP contribution in [0.2, 0.25) is 0 Å². The summed E-state index contributed by atoms with van der Waals surface area (Å²) >= 11 is 0. The van der Waals surface area contributed by atoms with Crippen molar-refractivity contribution in [3.05, 3.63) is 24.3 Å². The van der Waals surface area contributed by atoms with Gasteiger partial charge in [-0.05, 0) is 44.7 Å². The molecule has 27 heavy (non-hydrogen) atoms. The molecule has 3 rings (SSSR count). The number of nitrogens with zero attached hydrogens (tertiary/aromatic N) is 2. The predicted molar refractivity (Wildman–Crippen MR) is 106 cm³/mol. The van der Waals surface area contributed by atoms with E-state index in [9.17, 15) is 9.59 Å². The summed E-state index contributed by atoms with van der Waals surface area (Å²) in [6.07, 6.45) is 4.72. The highest BCUT2D eigenvalue weighted by Crippen LogP contribution is 2.33. The fourth-order valence-corrected chi connectivity index (χ4v) is 3.90. The number of ether oxygens (including phenoxy) is 1. The van der Waals surface area contributed by atoms with Crippen molar-refractivity contribution in [3.63, 3.8) is 0 Å². The van der Waals surface area contributed by atoms with Gasteiger partial charge in [-0.25, -0.2) is 0 Å². The molecular formula is C21H31N3O3. The van der Waals surface area contributed by atoms with Crippen LogP contribution in [0.1, 0.15) is 46.0 Å². The highest BCUT2D eigenvalue weighted by atomic mass is 16.5. The topological polar surface area (TPSA) is 61.9 Å². The van der Waals surface area contributed by atoms with Gasteiger partial charge in [0.2, 0.25) is 5.91 Å². The van der Waals surface area contributed by atoms with E-state index < -0.39 is 6.10 Å². The van der Waals surface area contributed by atoms with Crippen molar-refractivity contribution in [1.82, 2.24) is 10.2 Å². The number of benzene rings is 1. The second-order valence-electron chi connectivity index (χ2n) is 7.60. The van der Waals surface area contributed by atoms with Crippen molar-refractivity contribution in [2.45, 2.75) is 58.1 Å². The summed E-state index contributed by atoms with van der Waals surface area (Å²) in [5.74, 6) is 0.694. The van der Waals surface area contributed by atoms with Crippen LogP contribution in [0.25, 0.3) is 0 Å². The van der Waals surface area contributed by atoms with Gasteiger partial charge < -0.3 is 19.9 Å². The molecule has 148 valence electrons. The fraction of sp³-hybridized carbons (Fsp3) is 0.619. The number of nitrogens with one attached hydrogen (secondary N) is 1. The molecule has 0 aliphatic carbocycles. The van der Waals surface area contributed by atoms with Crippen LogP contribution in [0.4, 0.5) is 5.69 Å². The molecule has 1 fully saturated rings. The number of hydrogen-bond donors (Lipinski definition) is 1. The Hall–Kier alpha value is -2.24. The van der Waals surface area contributed by atoms with Crippen LogP contribution in [-0.4, -0.2) is 55.0 Å². The monoisotopic (exact) mass is 373 g/mol. The van der Waals surface area contributed by atoms with Gasteiger partial charge >= 0.3 is 0 Å². The van der Waals surface area contributed by atoms with E-state index in [0.717, 1.165) is 44.5 Å². The van der Waals surface area contributed by atoms with E-state index in [0.29, 0.717) is 12.3 Å².